The highest BCUT2D eigenvalue weighted by atomic mass is 16.3. The van der Waals surface area contributed by atoms with Crippen molar-refractivity contribution in [3.05, 3.63) is 29.8 Å². The van der Waals surface area contributed by atoms with Crippen LogP contribution in [0.5, 0.6) is 5.75 Å². The van der Waals surface area contributed by atoms with Crippen molar-refractivity contribution < 1.29 is 15.0 Å². The number of phenols is 1. The van der Waals surface area contributed by atoms with Crippen LogP contribution in [0, 0.1) is 0 Å². The van der Waals surface area contributed by atoms with Gasteiger partial charge < -0.3 is 20.8 Å². The lowest BCUT2D eigenvalue weighted by Crippen LogP contribution is -2.47. The molecule has 0 aromatic heterocycles. The van der Waals surface area contributed by atoms with Crippen LogP contribution < -0.4 is 5.73 Å². The number of rotatable bonds is 4. The Morgan fingerprint density at radius 3 is 2.74 bits per heavy atom. The summed E-state index contributed by atoms with van der Waals surface area (Å²) in [5.41, 5.74) is 6.86. The van der Waals surface area contributed by atoms with Crippen LogP contribution >= 0.6 is 0 Å². The van der Waals surface area contributed by atoms with E-state index in [0.717, 1.165) is 18.4 Å². The molecule has 0 bridgehead atoms. The lowest BCUT2D eigenvalue weighted by Gasteiger charge is -2.26. The molecule has 1 aliphatic rings. The first-order valence-electron chi connectivity index (χ1n) is 6.56. The zero-order valence-corrected chi connectivity index (χ0v) is 10.8. The molecule has 2 rings (SSSR count). The van der Waals surface area contributed by atoms with Gasteiger partial charge in [-0.1, -0.05) is 12.1 Å². The second-order valence-corrected chi connectivity index (χ2v) is 4.99. The molecular formula is C14H20N2O3. The topological polar surface area (TPSA) is 86.8 Å². The van der Waals surface area contributed by atoms with Gasteiger partial charge in [0.25, 0.3) is 0 Å². The van der Waals surface area contributed by atoms with Gasteiger partial charge in [0.15, 0.2) is 0 Å². The molecule has 1 fully saturated rings. The van der Waals surface area contributed by atoms with E-state index in [1.54, 1.807) is 29.2 Å². The molecule has 0 aliphatic carbocycles. The summed E-state index contributed by atoms with van der Waals surface area (Å²) < 4.78 is 0. The van der Waals surface area contributed by atoms with Crippen LogP contribution in [0.15, 0.2) is 24.3 Å². The van der Waals surface area contributed by atoms with Gasteiger partial charge in [-0.05, 0) is 37.0 Å². The van der Waals surface area contributed by atoms with E-state index in [1.807, 2.05) is 0 Å². The van der Waals surface area contributed by atoms with E-state index >= 15 is 0 Å². The Morgan fingerprint density at radius 1 is 1.42 bits per heavy atom. The molecule has 1 heterocycles. The van der Waals surface area contributed by atoms with Crippen LogP contribution in [0.25, 0.3) is 0 Å². The number of nitrogens with two attached hydrogens (primary N) is 1. The number of aliphatic hydroxyl groups is 1. The van der Waals surface area contributed by atoms with Crippen molar-refractivity contribution >= 4 is 5.91 Å². The van der Waals surface area contributed by atoms with Crippen molar-refractivity contribution in [3.8, 4) is 5.75 Å². The third kappa shape index (κ3) is 3.24. The quantitative estimate of drug-likeness (QED) is 0.727. The minimum Gasteiger partial charge on any atom is -0.508 e. The largest absolute Gasteiger partial charge is 0.508 e. The zero-order chi connectivity index (χ0) is 13.8. The predicted molar refractivity (Wildman–Crippen MR) is 71.6 cm³/mol. The fourth-order valence-corrected chi connectivity index (χ4v) is 2.50. The number of carbonyl (C=O) groups is 1. The molecule has 0 spiro atoms. The molecule has 1 aliphatic heterocycles. The molecule has 0 saturated carbocycles. The van der Waals surface area contributed by atoms with Crippen LogP contribution in [0.3, 0.4) is 0 Å². The molecule has 1 aromatic rings. The first kappa shape index (κ1) is 13.8. The maximum Gasteiger partial charge on any atom is 0.240 e. The lowest BCUT2D eigenvalue weighted by atomic mass is 10.1. The molecule has 5 heteroatoms. The molecular weight excluding hydrogens is 244 g/mol. The minimum absolute atomic E-state index is 0.00231. The number of aromatic hydroxyl groups is 1. The number of amides is 1. The molecule has 1 saturated heterocycles. The summed E-state index contributed by atoms with van der Waals surface area (Å²) in [6, 6.07) is 6.00. The van der Waals surface area contributed by atoms with Crippen molar-refractivity contribution in [3.63, 3.8) is 0 Å². The highest BCUT2D eigenvalue weighted by Crippen LogP contribution is 2.18. The molecule has 0 radical (unpaired) electrons. The maximum atomic E-state index is 12.2. The lowest BCUT2D eigenvalue weighted by molar-refractivity contribution is -0.134. The van der Waals surface area contributed by atoms with E-state index < -0.39 is 6.04 Å². The van der Waals surface area contributed by atoms with Gasteiger partial charge in [-0.2, -0.15) is 0 Å². The number of carbonyl (C=O) groups excluding carboxylic acids is 1. The summed E-state index contributed by atoms with van der Waals surface area (Å²) in [5, 5.41) is 18.4. The van der Waals surface area contributed by atoms with Gasteiger partial charge >= 0.3 is 0 Å². The minimum atomic E-state index is -0.600. The van der Waals surface area contributed by atoms with Crippen LogP contribution in [0.2, 0.25) is 0 Å². The molecule has 2 atom stereocenters. The summed E-state index contributed by atoms with van der Waals surface area (Å²) >= 11 is 0. The number of nitrogens with zero attached hydrogens (tertiary/aromatic N) is 1. The third-order valence-corrected chi connectivity index (χ3v) is 3.58. The zero-order valence-electron chi connectivity index (χ0n) is 10.8. The van der Waals surface area contributed by atoms with Crippen molar-refractivity contribution in [2.45, 2.75) is 31.3 Å². The smallest absolute Gasteiger partial charge is 0.240 e. The van der Waals surface area contributed by atoms with Gasteiger partial charge in [0.2, 0.25) is 5.91 Å². The van der Waals surface area contributed by atoms with Gasteiger partial charge in [-0.25, -0.2) is 0 Å². The summed E-state index contributed by atoms with van der Waals surface area (Å²) in [6.07, 6.45) is 2.20. The summed E-state index contributed by atoms with van der Waals surface area (Å²) in [6.45, 7) is 0.672. The van der Waals surface area contributed by atoms with Gasteiger partial charge in [-0.3, -0.25) is 4.79 Å². The van der Waals surface area contributed by atoms with E-state index in [-0.39, 0.29) is 24.3 Å². The van der Waals surface area contributed by atoms with E-state index in [2.05, 4.69) is 0 Å². The Kier molecular flexibility index (Phi) is 4.39. The molecule has 104 valence electrons. The van der Waals surface area contributed by atoms with Gasteiger partial charge in [0, 0.05) is 6.54 Å². The van der Waals surface area contributed by atoms with Crippen LogP contribution in [0.4, 0.5) is 0 Å². The van der Waals surface area contributed by atoms with E-state index in [1.165, 1.54) is 0 Å². The second kappa shape index (κ2) is 6.04. The van der Waals surface area contributed by atoms with Crippen molar-refractivity contribution in [1.82, 2.24) is 4.90 Å². The first-order chi connectivity index (χ1) is 9.11. The monoisotopic (exact) mass is 264 g/mol. The number of hydrogen-bond donors (Lipinski definition) is 3. The van der Waals surface area contributed by atoms with Crippen molar-refractivity contribution in [2.24, 2.45) is 5.73 Å². The van der Waals surface area contributed by atoms with Crippen LogP contribution in [-0.4, -0.2) is 46.3 Å². The first-order valence-corrected chi connectivity index (χ1v) is 6.56. The van der Waals surface area contributed by atoms with Gasteiger partial charge in [0.05, 0.1) is 18.7 Å². The Hall–Kier alpha value is -1.59. The van der Waals surface area contributed by atoms with Crippen LogP contribution in [0.1, 0.15) is 18.4 Å². The summed E-state index contributed by atoms with van der Waals surface area (Å²) in [4.78, 5) is 13.9. The average Bonchev–Trinajstić information content (AvgIpc) is 2.88. The number of hydrogen-bond acceptors (Lipinski definition) is 4. The predicted octanol–water partition coefficient (Wildman–Crippen LogP) is 0.245. The van der Waals surface area contributed by atoms with Crippen LogP contribution in [-0.2, 0) is 11.2 Å². The van der Waals surface area contributed by atoms with Crippen molar-refractivity contribution in [1.29, 1.82) is 0 Å². The number of aliphatic hydroxyl groups excluding tert-OH is 1. The number of phenolic OH excluding ortho intramolecular Hbond substituents is 1. The second-order valence-electron chi connectivity index (χ2n) is 4.99. The number of benzene rings is 1. The highest BCUT2D eigenvalue weighted by Gasteiger charge is 2.31. The third-order valence-electron chi connectivity index (χ3n) is 3.58. The van der Waals surface area contributed by atoms with Crippen molar-refractivity contribution in [2.75, 3.05) is 13.2 Å². The van der Waals surface area contributed by atoms with E-state index in [4.69, 9.17) is 5.73 Å². The maximum absolute atomic E-state index is 12.2. The summed E-state index contributed by atoms with van der Waals surface area (Å²) in [7, 11) is 0. The number of likely N-dealkylation sites (tertiary alicyclic amines) is 1. The average molecular weight is 264 g/mol. The normalized spacial score (nSPS) is 20.5. The SMILES string of the molecule is N[C@H](Cc1ccc(O)cc1)C(=O)N1CCC[C@@H]1CO. The Morgan fingerprint density at radius 2 is 2.11 bits per heavy atom. The molecule has 4 N–H and O–H groups in total. The van der Waals surface area contributed by atoms with E-state index in [9.17, 15) is 15.0 Å². The Balaban J connectivity index is 1.97. The van der Waals surface area contributed by atoms with E-state index in [0.29, 0.717) is 13.0 Å². The van der Waals surface area contributed by atoms with Gasteiger partial charge in [-0.15, -0.1) is 0 Å². The molecule has 19 heavy (non-hydrogen) atoms. The molecule has 0 unspecified atom stereocenters. The molecule has 1 aromatic carbocycles. The fraction of sp³-hybridized carbons (Fsp3) is 0.500. The Bertz CT molecular complexity index is 433. The van der Waals surface area contributed by atoms with Gasteiger partial charge in [0.1, 0.15) is 5.75 Å². The standard InChI is InChI=1S/C14H20N2O3/c15-13(8-10-3-5-12(18)6-4-10)14(19)16-7-1-2-11(16)9-17/h3-6,11,13,17-18H,1-2,7-9,15H2/t11-,13-/m1/s1. The summed E-state index contributed by atoms with van der Waals surface area (Å²) in [5.74, 6) is 0.0909. The highest BCUT2D eigenvalue weighted by molar-refractivity contribution is 5.82. The molecule has 5 nitrogen and oxygen atoms in total. The molecule has 1 amide bonds. The fourth-order valence-electron chi connectivity index (χ4n) is 2.50. The Labute approximate surface area is 112 Å².